The van der Waals surface area contributed by atoms with E-state index in [0.29, 0.717) is 26.0 Å². The van der Waals surface area contributed by atoms with Crippen molar-refractivity contribution in [3.63, 3.8) is 0 Å². The molecule has 1 aliphatic rings. The summed E-state index contributed by atoms with van der Waals surface area (Å²) in [7, 11) is 0. The maximum Gasteiger partial charge on any atom is 0.414 e. The zero-order valence-corrected chi connectivity index (χ0v) is 19.1. The molecule has 0 aromatic heterocycles. The molecule has 6 nitrogen and oxygen atoms in total. The highest BCUT2D eigenvalue weighted by atomic mass is 79.9. The molecule has 2 rings (SSSR count). The molecule has 0 aliphatic carbocycles. The standard InChI is InChI=1S/C18H24BrNO4.C2H6.CH2O/c1-4-10-18(3,16(21)23-5-2)11-15-12-20(17(22)24-15)14-8-6-13(19)7-9-14;2*1-2/h6-9,15H,4-5,10-12H2,1-3H3;1-2H3;1H2. The zero-order chi connectivity index (χ0) is 21.7. The number of hydrogen-bond acceptors (Lipinski definition) is 5. The van der Waals surface area contributed by atoms with Gasteiger partial charge >= 0.3 is 12.1 Å². The molecular weight excluding hydrogens is 426 g/mol. The van der Waals surface area contributed by atoms with E-state index in [4.69, 9.17) is 14.3 Å². The highest BCUT2D eigenvalue weighted by Gasteiger charge is 2.41. The lowest BCUT2D eigenvalue weighted by atomic mass is 9.80. The maximum absolute atomic E-state index is 12.3. The summed E-state index contributed by atoms with van der Waals surface area (Å²) >= 11 is 3.38. The Hall–Kier alpha value is -1.89. The van der Waals surface area contributed by atoms with Crippen molar-refractivity contribution in [3.8, 4) is 0 Å². The SMILES string of the molecule is C=O.CC.CCCC(C)(CC1CN(c2ccc(Br)cc2)C(=O)O1)C(=O)OCC. The average molecular weight is 458 g/mol. The summed E-state index contributed by atoms with van der Waals surface area (Å²) in [5, 5.41) is 0. The van der Waals surface area contributed by atoms with Crippen LogP contribution in [0.15, 0.2) is 28.7 Å². The van der Waals surface area contributed by atoms with Gasteiger partial charge in [0.1, 0.15) is 12.9 Å². The first-order valence-electron chi connectivity index (χ1n) is 9.59. The number of anilines is 1. The Bertz CT molecular complexity index is 607. The van der Waals surface area contributed by atoms with Crippen LogP contribution in [0.5, 0.6) is 0 Å². The molecule has 28 heavy (non-hydrogen) atoms. The fraction of sp³-hybridized carbons (Fsp3) is 0.571. The fourth-order valence-electron chi connectivity index (χ4n) is 3.11. The van der Waals surface area contributed by atoms with Crippen LogP contribution in [-0.4, -0.2) is 38.1 Å². The van der Waals surface area contributed by atoms with Crippen molar-refractivity contribution in [2.45, 2.75) is 60.0 Å². The van der Waals surface area contributed by atoms with Crippen molar-refractivity contribution in [2.75, 3.05) is 18.1 Å². The fourth-order valence-corrected chi connectivity index (χ4v) is 3.37. The molecule has 1 heterocycles. The van der Waals surface area contributed by atoms with Crippen LogP contribution in [0.1, 0.15) is 53.9 Å². The van der Waals surface area contributed by atoms with E-state index >= 15 is 0 Å². The highest BCUT2D eigenvalue weighted by molar-refractivity contribution is 9.10. The minimum atomic E-state index is -0.633. The van der Waals surface area contributed by atoms with Crippen LogP contribution in [0.2, 0.25) is 0 Å². The number of esters is 1. The van der Waals surface area contributed by atoms with E-state index in [0.717, 1.165) is 16.6 Å². The van der Waals surface area contributed by atoms with Crippen LogP contribution in [0, 0.1) is 5.41 Å². The molecule has 0 saturated carbocycles. The Balaban J connectivity index is 0.00000171. The smallest absolute Gasteiger partial charge is 0.414 e. The summed E-state index contributed by atoms with van der Waals surface area (Å²) in [5.41, 5.74) is 0.157. The Labute approximate surface area is 176 Å². The van der Waals surface area contributed by atoms with Crippen LogP contribution in [-0.2, 0) is 19.1 Å². The maximum atomic E-state index is 12.3. The van der Waals surface area contributed by atoms with Gasteiger partial charge in [-0.3, -0.25) is 9.69 Å². The Morgan fingerprint density at radius 3 is 2.36 bits per heavy atom. The number of amides is 1. The number of benzene rings is 1. The summed E-state index contributed by atoms with van der Waals surface area (Å²) in [6, 6.07) is 7.50. The molecule has 1 aromatic carbocycles. The molecule has 7 heteroatoms. The van der Waals surface area contributed by atoms with E-state index < -0.39 is 5.41 Å². The molecular formula is C21H32BrNO5. The molecule has 2 atom stereocenters. The van der Waals surface area contributed by atoms with Crippen LogP contribution in [0.4, 0.5) is 10.5 Å². The normalized spacial score (nSPS) is 17.3. The van der Waals surface area contributed by atoms with E-state index in [-0.39, 0.29) is 18.2 Å². The predicted molar refractivity (Wildman–Crippen MR) is 114 cm³/mol. The first-order valence-corrected chi connectivity index (χ1v) is 10.4. The lowest BCUT2D eigenvalue weighted by Gasteiger charge is -2.28. The van der Waals surface area contributed by atoms with Gasteiger partial charge in [0.15, 0.2) is 0 Å². The number of nitrogens with zero attached hydrogens (tertiary/aromatic N) is 1. The molecule has 158 valence electrons. The number of carbonyl (C=O) groups excluding carboxylic acids is 3. The molecule has 1 saturated heterocycles. The quantitative estimate of drug-likeness (QED) is 0.514. The van der Waals surface area contributed by atoms with Crippen LogP contribution < -0.4 is 4.90 Å². The molecule has 1 fully saturated rings. The van der Waals surface area contributed by atoms with Crippen molar-refractivity contribution in [1.82, 2.24) is 0 Å². The summed E-state index contributed by atoms with van der Waals surface area (Å²) in [5.74, 6) is -0.218. The molecule has 0 radical (unpaired) electrons. The van der Waals surface area contributed by atoms with Gasteiger partial charge in [-0.15, -0.1) is 0 Å². The van der Waals surface area contributed by atoms with Gasteiger partial charge in [0.05, 0.1) is 18.6 Å². The summed E-state index contributed by atoms with van der Waals surface area (Å²) < 4.78 is 11.7. The molecule has 0 N–H and O–H groups in total. The van der Waals surface area contributed by atoms with Crippen molar-refractivity contribution in [3.05, 3.63) is 28.7 Å². The number of cyclic esters (lactones) is 1. The molecule has 1 aromatic rings. The molecule has 1 amide bonds. The third kappa shape index (κ3) is 7.26. The van der Waals surface area contributed by atoms with E-state index in [1.54, 1.807) is 11.8 Å². The van der Waals surface area contributed by atoms with Gasteiger partial charge < -0.3 is 14.3 Å². The first-order chi connectivity index (χ1) is 13.4. The van der Waals surface area contributed by atoms with Gasteiger partial charge in [-0.1, -0.05) is 43.1 Å². The molecule has 1 aliphatic heterocycles. The Morgan fingerprint density at radius 2 is 1.86 bits per heavy atom. The average Bonchev–Trinajstić information content (AvgIpc) is 3.05. The van der Waals surface area contributed by atoms with E-state index in [1.165, 1.54) is 0 Å². The van der Waals surface area contributed by atoms with E-state index in [2.05, 4.69) is 15.9 Å². The van der Waals surface area contributed by atoms with Crippen molar-refractivity contribution in [1.29, 1.82) is 0 Å². The van der Waals surface area contributed by atoms with E-state index in [9.17, 15) is 9.59 Å². The van der Waals surface area contributed by atoms with Crippen molar-refractivity contribution >= 4 is 40.5 Å². The second kappa shape index (κ2) is 13.3. The summed E-state index contributed by atoms with van der Waals surface area (Å²) in [6.45, 7) is 12.5. The topological polar surface area (TPSA) is 72.9 Å². The summed E-state index contributed by atoms with van der Waals surface area (Å²) in [6.07, 6.45) is 1.36. The minimum absolute atomic E-state index is 0.218. The lowest BCUT2D eigenvalue weighted by molar-refractivity contribution is -0.156. The van der Waals surface area contributed by atoms with Crippen molar-refractivity contribution in [2.24, 2.45) is 5.41 Å². The van der Waals surface area contributed by atoms with Crippen molar-refractivity contribution < 1.29 is 23.9 Å². The van der Waals surface area contributed by atoms with Gasteiger partial charge in [0.2, 0.25) is 0 Å². The largest absolute Gasteiger partial charge is 0.466 e. The lowest BCUT2D eigenvalue weighted by Crippen LogP contribution is -2.35. The third-order valence-electron chi connectivity index (χ3n) is 4.26. The third-order valence-corrected chi connectivity index (χ3v) is 4.79. The molecule has 0 spiro atoms. The first kappa shape index (κ1) is 26.1. The van der Waals surface area contributed by atoms with E-state index in [1.807, 2.05) is 58.7 Å². The number of ether oxygens (including phenoxy) is 2. The van der Waals surface area contributed by atoms with Crippen LogP contribution in [0.3, 0.4) is 0 Å². The number of hydrogen-bond donors (Lipinski definition) is 0. The van der Waals surface area contributed by atoms with Crippen LogP contribution >= 0.6 is 15.9 Å². The van der Waals surface area contributed by atoms with Crippen LogP contribution in [0.25, 0.3) is 0 Å². The minimum Gasteiger partial charge on any atom is -0.466 e. The van der Waals surface area contributed by atoms with Gasteiger partial charge in [0, 0.05) is 16.6 Å². The number of rotatable bonds is 7. The number of carbonyl (C=O) groups is 3. The monoisotopic (exact) mass is 457 g/mol. The zero-order valence-electron chi connectivity index (χ0n) is 17.5. The Kier molecular flexibility index (Phi) is 12.4. The second-order valence-electron chi connectivity index (χ2n) is 6.33. The van der Waals surface area contributed by atoms with Gasteiger partial charge in [-0.05, 0) is 44.5 Å². The summed E-state index contributed by atoms with van der Waals surface area (Å²) in [4.78, 5) is 34.1. The predicted octanol–water partition coefficient (Wildman–Crippen LogP) is 5.38. The Morgan fingerprint density at radius 1 is 1.29 bits per heavy atom. The van der Waals surface area contributed by atoms with Gasteiger partial charge in [-0.2, -0.15) is 0 Å². The molecule has 0 bridgehead atoms. The molecule has 2 unspecified atom stereocenters. The number of halogens is 1. The second-order valence-corrected chi connectivity index (χ2v) is 7.24. The van der Waals surface area contributed by atoms with Gasteiger partial charge in [-0.25, -0.2) is 4.79 Å². The highest BCUT2D eigenvalue weighted by Crippen LogP contribution is 2.35. The van der Waals surface area contributed by atoms with Gasteiger partial charge in [0.25, 0.3) is 0 Å².